The molecule has 1 saturated carbocycles. The van der Waals surface area contributed by atoms with Gasteiger partial charge in [-0.25, -0.2) is 0 Å². The monoisotopic (exact) mass is 167 g/mol. The zero-order chi connectivity index (χ0) is 9.14. The van der Waals surface area contributed by atoms with Crippen LogP contribution in [-0.4, -0.2) is 10.9 Å². The lowest BCUT2D eigenvalue weighted by Gasteiger charge is -2.27. The number of allylic oxidation sites excluding steroid dienone is 1. The van der Waals surface area contributed by atoms with E-state index in [0.29, 0.717) is 11.8 Å². The molecule has 0 amide bonds. The van der Waals surface area contributed by atoms with E-state index in [1.54, 1.807) is 0 Å². The molecule has 1 N–H and O–H groups in total. The molecule has 0 saturated heterocycles. The molecule has 2 heteroatoms. The Morgan fingerprint density at radius 1 is 1.58 bits per heavy atom. The first-order valence-electron chi connectivity index (χ1n) is 4.51. The van der Waals surface area contributed by atoms with Gasteiger partial charge in [0.1, 0.15) is 0 Å². The maximum absolute atomic E-state index is 8.72. The van der Waals surface area contributed by atoms with Crippen LogP contribution < -0.4 is 0 Å². The summed E-state index contributed by atoms with van der Waals surface area (Å²) >= 11 is 0. The van der Waals surface area contributed by atoms with Gasteiger partial charge in [0.2, 0.25) is 0 Å². The van der Waals surface area contributed by atoms with E-state index in [1.807, 2.05) is 0 Å². The smallest absolute Gasteiger partial charge is 0.0604 e. The second kappa shape index (κ2) is 3.74. The highest BCUT2D eigenvalue weighted by molar-refractivity contribution is 5.87. The fourth-order valence-corrected chi connectivity index (χ4v) is 1.73. The average Bonchev–Trinajstić information content (AvgIpc) is 2.05. The lowest BCUT2D eigenvalue weighted by molar-refractivity contribution is 0.306. The summed E-state index contributed by atoms with van der Waals surface area (Å²) in [6.07, 6.45) is 3.21. The molecule has 1 aliphatic rings. The second-order valence-electron chi connectivity index (χ2n) is 3.82. The van der Waals surface area contributed by atoms with Crippen LogP contribution in [0.15, 0.2) is 17.3 Å². The topological polar surface area (TPSA) is 32.6 Å². The Bertz CT molecular complexity index is 208. The van der Waals surface area contributed by atoms with Crippen molar-refractivity contribution in [2.24, 2.45) is 17.0 Å². The molecule has 0 aliphatic heterocycles. The maximum Gasteiger partial charge on any atom is 0.0604 e. The average molecular weight is 167 g/mol. The van der Waals surface area contributed by atoms with E-state index in [9.17, 15) is 0 Å². The van der Waals surface area contributed by atoms with E-state index in [4.69, 9.17) is 5.21 Å². The van der Waals surface area contributed by atoms with Gasteiger partial charge in [0.15, 0.2) is 0 Å². The normalized spacial score (nSPS) is 33.7. The van der Waals surface area contributed by atoms with Crippen molar-refractivity contribution >= 4 is 5.71 Å². The van der Waals surface area contributed by atoms with Gasteiger partial charge in [0.05, 0.1) is 5.71 Å². The summed E-state index contributed by atoms with van der Waals surface area (Å²) in [6, 6.07) is 0. The highest BCUT2D eigenvalue weighted by Crippen LogP contribution is 2.30. The third-order valence-corrected chi connectivity index (χ3v) is 2.80. The Kier molecular flexibility index (Phi) is 2.90. The molecule has 0 radical (unpaired) electrons. The molecule has 0 heterocycles. The van der Waals surface area contributed by atoms with Crippen LogP contribution in [0, 0.1) is 11.8 Å². The molecular weight excluding hydrogens is 150 g/mol. The minimum atomic E-state index is 0.450. The number of hydrogen-bond donors (Lipinski definition) is 1. The molecule has 0 aromatic rings. The first kappa shape index (κ1) is 9.30. The lowest BCUT2D eigenvalue weighted by atomic mass is 9.79. The van der Waals surface area contributed by atoms with Crippen molar-refractivity contribution in [1.82, 2.24) is 0 Å². The summed E-state index contributed by atoms with van der Waals surface area (Å²) in [7, 11) is 0. The van der Waals surface area contributed by atoms with E-state index in [0.717, 1.165) is 18.6 Å². The van der Waals surface area contributed by atoms with E-state index >= 15 is 0 Å². The zero-order valence-corrected chi connectivity index (χ0v) is 7.88. The SMILES string of the molecule is C=C(C)[C@@H]1CCC(C)/C(=N/O)C1. The van der Waals surface area contributed by atoms with E-state index < -0.39 is 0 Å². The molecule has 0 aromatic carbocycles. The molecule has 0 bridgehead atoms. The number of hydrogen-bond acceptors (Lipinski definition) is 2. The lowest BCUT2D eigenvalue weighted by Crippen LogP contribution is -2.23. The van der Waals surface area contributed by atoms with Crippen molar-refractivity contribution in [2.75, 3.05) is 0 Å². The molecular formula is C10H17NO. The van der Waals surface area contributed by atoms with E-state index in [-0.39, 0.29) is 0 Å². The molecule has 0 spiro atoms. The largest absolute Gasteiger partial charge is 0.411 e. The summed E-state index contributed by atoms with van der Waals surface area (Å²) in [5, 5.41) is 12.1. The van der Waals surface area contributed by atoms with Crippen LogP contribution in [0.25, 0.3) is 0 Å². The number of oxime groups is 1. The molecule has 2 nitrogen and oxygen atoms in total. The summed E-state index contributed by atoms with van der Waals surface area (Å²) in [4.78, 5) is 0. The fourth-order valence-electron chi connectivity index (χ4n) is 1.73. The Morgan fingerprint density at radius 2 is 2.25 bits per heavy atom. The van der Waals surface area contributed by atoms with E-state index in [2.05, 4.69) is 25.6 Å². The quantitative estimate of drug-likeness (QED) is 0.363. The molecule has 1 unspecified atom stereocenters. The van der Waals surface area contributed by atoms with Crippen LogP contribution >= 0.6 is 0 Å². The van der Waals surface area contributed by atoms with Gasteiger partial charge < -0.3 is 5.21 Å². The molecule has 1 rings (SSSR count). The van der Waals surface area contributed by atoms with E-state index in [1.165, 1.54) is 12.0 Å². The first-order valence-corrected chi connectivity index (χ1v) is 4.51. The standard InChI is InChI=1S/C10H17NO/c1-7(2)9-5-4-8(3)10(6-9)11-12/h8-9,12H,1,4-6H2,2-3H3/b11-10+/t8?,9-/m1/s1. The van der Waals surface area contributed by atoms with Gasteiger partial charge in [0, 0.05) is 0 Å². The summed E-state index contributed by atoms with van der Waals surface area (Å²) in [5.74, 6) is 0.984. The molecule has 2 atom stereocenters. The van der Waals surface area contributed by atoms with Crippen LogP contribution in [-0.2, 0) is 0 Å². The minimum absolute atomic E-state index is 0.450. The first-order chi connectivity index (χ1) is 5.65. The van der Waals surface area contributed by atoms with Gasteiger partial charge in [-0.2, -0.15) is 0 Å². The summed E-state index contributed by atoms with van der Waals surface area (Å²) < 4.78 is 0. The van der Waals surface area contributed by atoms with Crippen LogP contribution in [0.5, 0.6) is 0 Å². The highest BCUT2D eigenvalue weighted by Gasteiger charge is 2.24. The van der Waals surface area contributed by atoms with Gasteiger partial charge in [-0.05, 0) is 38.0 Å². The van der Waals surface area contributed by atoms with Crippen LogP contribution in [0.1, 0.15) is 33.1 Å². The Hall–Kier alpha value is -0.790. The van der Waals surface area contributed by atoms with Crippen LogP contribution in [0.3, 0.4) is 0 Å². The maximum atomic E-state index is 8.72. The second-order valence-corrected chi connectivity index (χ2v) is 3.82. The van der Waals surface area contributed by atoms with Crippen LogP contribution in [0.2, 0.25) is 0 Å². The molecule has 68 valence electrons. The van der Waals surface area contributed by atoms with Crippen molar-refractivity contribution in [3.63, 3.8) is 0 Å². The number of nitrogens with zero attached hydrogens (tertiary/aromatic N) is 1. The molecule has 1 fully saturated rings. The number of rotatable bonds is 1. The zero-order valence-electron chi connectivity index (χ0n) is 7.88. The predicted molar refractivity (Wildman–Crippen MR) is 50.5 cm³/mol. The third kappa shape index (κ3) is 1.87. The van der Waals surface area contributed by atoms with Crippen LogP contribution in [0.4, 0.5) is 0 Å². The molecule has 0 aromatic heterocycles. The van der Waals surface area contributed by atoms with Crippen molar-refractivity contribution in [1.29, 1.82) is 0 Å². The summed E-state index contributed by atoms with van der Waals surface area (Å²) in [5.41, 5.74) is 2.15. The van der Waals surface area contributed by atoms with Gasteiger partial charge in [-0.1, -0.05) is 24.2 Å². The van der Waals surface area contributed by atoms with Gasteiger partial charge in [-0.3, -0.25) is 0 Å². The van der Waals surface area contributed by atoms with Crippen molar-refractivity contribution < 1.29 is 5.21 Å². The summed E-state index contributed by atoms with van der Waals surface area (Å²) in [6.45, 7) is 8.10. The predicted octanol–water partition coefficient (Wildman–Crippen LogP) is 2.83. The Balaban J connectivity index is 2.62. The van der Waals surface area contributed by atoms with Crippen molar-refractivity contribution in [3.8, 4) is 0 Å². The Morgan fingerprint density at radius 3 is 2.75 bits per heavy atom. The van der Waals surface area contributed by atoms with Crippen molar-refractivity contribution in [3.05, 3.63) is 12.2 Å². The van der Waals surface area contributed by atoms with Gasteiger partial charge in [0.25, 0.3) is 0 Å². The highest BCUT2D eigenvalue weighted by atomic mass is 16.4. The van der Waals surface area contributed by atoms with Gasteiger partial charge in [-0.15, -0.1) is 0 Å². The molecule has 12 heavy (non-hydrogen) atoms. The molecule has 1 aliphatic carbocycles. The van der Waals surface area contributed by atoms with Crippen molar-refractivity contribution in [2.45, 2.75) is 33.1 Å². The van der Waals surface area contributed by atoms with Gasteiger partial charge >= 0.3 is 0 Å². The third-order valence-electron chi connectivity index (χ3n) is 2.80. The fraction of sp³-hybridized carbons (Fsp3) is 0.700. The minimum Gasteiger partial charge on any atom is -0.411 e. The Labute approximate surface area is 74.0 Å².